The molecule has 2 saturated heterocycles. The van der Waals surface area contributed by atoms with Crippen LogP contribution in [0.4, 0.5) is 19.3 Å². The van der Waals surface area contributed by atoms with Gasteiger partial charge < -0.3 is 15.1 Å². The van der Waals surface area contributed by atoms with Gasteiger partial charge in [-0.05, 0) is 37.8 Å². The fraction of sp³-hybridized carbons (Fsp3) is 0.500. The molecule has 0 aromatic heterocycles. The molecule has 1 N–H and O–H groups in total. The van der Waals surface area contributed by atoms with Crippen LogP contribution in [-0.2, 0) is 4.79 Å². The van der Waals surface area contributed by atoms with E-state index in [2.05, 4.69) is 5.32 Å². The topological polar surface area (TPSA) is 52.6 Å². The van der Waals surface area contributed by atoms with Gasteiger partial charge in [-0.1, -0.05) is 0 Å². The van der Waals surface area contributed by atoms with Gasteiger partial charge in [0.1, 0.15) is 6.04 Å². The van der Waals surface area contributed by atoms with E-state index >= 15 is 0 Å². The van der Waals surface area contributed by atoms with Crippen molar-refractivity contribution >= 4 is 17.6 Å². The molecule has 2 aliphatic heterocycles. The fourth-order valence-electron chi connectivity index (χ4n) is 3.35. The number of halogens is 2. The molecule has 3 amide bonds. The Balaban J connectivity index is 1.73. The summed E-state index contributed by atoms with van der Waals surface area (Å²) in [4.78, 5) is 28.1. The first kappa shape index (κ1) is 15.7. The number of likely N-dealkylation sites (tertiary alicyclic amines) is 2. The predicted molar refractivity (Wildman–Crippen MR) is 80.8 cm³/mol. The monoisotopic (exact) mass is 323 g/mol. The van der Waals surface area contributed by atoms with Crippen molar-refractivity contribution in [3.05, 3.63) is 29.8 Å². The largest absolute Gasteiger partial charge is 0.341 e. The molecule has 0 saturated carbocycles. The number of piperidine rings is 2. The van der Waals surface area contributed by atoms with Gasteiger partial charge in [0, 0.05) is 31.4 Å². The molecule has 2 heterocycles. The molecule has 124 valence electrons. The molecule has 2 atom stereocenters. The Hall–Kier alpha value is -2.18. The number of rotatable bonds is 2. The number of carbonyl (C=O) groups excluding carboxylic acids is 2. The van der Waals surface area contributed by atoms with Gasteiger partial charge in [-0.25, -0.2) is 13.6 Å². The third kappa shape index (κ3) is 3.00. The maximum absolute atomic E-state index is 13.2. The lowest BCUT2D eigenvalue weighted by atomic mass is 9.86. The van der Waals surface area contributed by atoms with E-state index < -0.39 is 23.7 Å². The van der Waals surface area contributed by atoms with Crippen molar-refractivity contribution in [2.75, 3.05) is 25.0 Å². The second kappa shape index (κ2) is 6.14. The first-order chi connectivity index (χ1) is 11.0. The molecule has 2 fully saturated rings. The first-order valence-corrected chi connectivity index (χ1v) is 7.81. The summed E-state index contributed by atoms with van der Waals surface area (Å²) >= 11 is 0. The van der Waals surface area contributed by atoms with E-state index in [9.17, 15) is 18.4 Å². The molecule has 0 spiro atoms. The number of likely N-dealkylation sites (N-methyl/N-ethyl adjacent to an activating group) is 1. The molecule has 0 aliphatic carbocycles. The third-order valence-electron chi connectivity index (χ3n) is 4.60. The highest BCUT2D eigenvalue weighted by atomic mass is 19.2. The number of benzene rings is 1. The molecule has 2 bridgehead atoms. The molecular formula is C16H19F2N3O2. The highest BCUT2D eigenvalue weighted by Gasteiger charge is 2.42. The van der Waals surface area contributed by atoms with Crippen LogP contribution in [0.2, 0.25) is 0 Å². The van der Waals surface area contributed by atoms with Crippen molar-refractivity contribution in [3.8, 4) is 0 Å². The van der Waals surface area contributed by atoms with E-state index in [-0.39, 0.29) is 11.6 Å². The van der Waals surface area contributed by atoms with Gasteiger partial charge in [0.2, 0.25) is 5.91 Å². The number of nitrogens with zero attached hydrogens (tertiary/aromatic N) is 2. The maximum Gasteiger partial charge on any atom is 0.322 e. The summed E-state index contributed by atoms with van der Waals surface area (Å²) in [7, 11) is 0. The molecule has 1 aromatic carbocycles. The summed E-state index contributed by atoms with van der Waals surface area (Å²) in [6.45, 7) is 3.80. The van der Waals surface area contributed by atoms with Crippen molar-refractivity contribution in [2.45, 2.75) is 25.8 Å². The lowest BCUT2D eigenvalue weighted by Gasteiger charge is -2.46. The number of carbonyl (C=O) groups is 2. The van der Waals surface area contributed by atoms with Gasteiger partial charge in [0.15, 0.2) is 11.6 Å². The SMILES string of the molecule is CCN1C[C@H]2CCN(C(=O)Nc3ccc(F)c(F)c3)[C@H](C2)C1=O. The highest BCUT2D eigenvalue weighted by molar-refractivity contribution is 5.94. The van der Waals surface area contributed by atoms with Crippen molar-refractivity contribution in [3.63, 3.8) is 0 Å². The molecule has 3 rings (SSSR count). The summed E-state index contributed by atoms with van der Waals surface area (Å²) in [5.41, 5.74) is 0.173. The molecule has 5 nitrogen and oxygen atoms in total. The average Bonchev–Trinajstić information content (AvgIpc) is 2.54. The number of hydrogen-bond donors (Lipinski definition) is 1. The summed E-state index contributed by atoms with van der Waals surface area (Å²) in [6.07, 6.45) is 1.51. The quantitative estimate of drug-likeness (QED) is 0.909. The Bertz CT molecular complexity index is 638. The van der Waals surface area contributed by atoms with Crippen molar-refractivity contribution in [2.24, 2.45) is 5.92 Å². The van der Waals surface area contributed by atoms with Crippen molar-refractivity contribution in [1.29, 1.82) is 0 Å². The normalized spacial score (nSPS) is 23.9. The zero-order chi connectivity index (χ0) is 16.6. The van der Waals surface area contributed by atoms with Crippen LogP contribution in [0.1, 0.15) is 19.8 Å². The second-order valence-corrected chi connectivity index (χ2v) is 6.04. The fourth-order valence-corrected chi connectivity index (χ4v) is 3.35. The van der Waals surface area contributed by atoms with Gasteiger partial charge >= 0.3 is 6.03 Å². The number of amides is 3. The van der Waals surface area contributed by atoms with Crippen LogP contribution in [0.15, 0.2) is 18.2 Å². The van der Waals surface area contributed by atoms with Crippen LogP contribution in [0, 0.1) is 17.6 Å². The van der Waals surface area contributed by atoms with Gasteiger partial charge in [0.05, 0.1) is 0 Å². The molecular weight excluding hydrogens is 304 g/mol. The number of anilines is 1. The lowest BCUT2D eigenvalue weighted by molar-refractivity contribution is -0.143. The Morgan fingerprint density at radius 2 is 2.13 bits per heavy atom. The van der Waals surface area contributed by atoms with Crippen LogP contribution >= 0.6 is 0 Å². The standard InChI is InChI=1S/C16H19F2N3O2/c1-2-20-9-10-5-6-21(14(7-10)15(20)22)16(23)19-11-3-4-12(17)13(18)8-11/h3-4,8,10,14H,2,5-7,9H2,1H3,(H,19,23)/t10-,14+/m0/s1. The van der Waals surface area contributed by atoms with Gasteiger partial charge in [-0.15, -0.1) is 0 Å². The van der Waals surface area contributed by atoms with Gasteiger partial charge in [0.25, 0.3) is 0 Å². The van der Waals surface area contributed by atoms with Crippen LogP contribution in [0.3, 0.4) is 0 Å². The summed E-state index contributed by atoms with van der Waals surface area (Å²) in [6, 6.07) is 2.27. The number of hydrogen-bond acceptors (Lipinski definition) is 2. The zero-order valence-electron chi connectivity index (χ0n) is 12.9. The van der Waals surface area contributed by atoms with Gasteiger partial charge in [-0.2, -0.15) is 0 Å². The minimum absolute atomic E-state index is 0.0381. The Kier molecular flexibility index (Phi) is 4.19. The molecule has 1 aromatic rings. The van der Waals surface area contributed by atoms with E-state index in [0.29, 0.717) is 25.4 Å². The predicted octanol–water partition coefficient (Wildman–Crippen LogP) is 2.44. The summed E-state index contributed by atoms with van der Waals surface area (Å²) in [5, 5.41) is 2.55. The smallest absolute Gasteiger partial charge is 0.322 e. The van der Waals surface area contributed by atoms with E-state index in [0.717, 1.165) is 25.1 Å². The minimum atomic E-state index is -1.02. The number of urea groups is 1. The Morgan fingerprint density at radius 3 is 2.83 bits per heavy atom. The van der Waals surface area contributed by atoms with E-state index in [4.69, 9.17) is 0 Å². The Labute approximate surface area is 133 Å². The van der Waals surface area contributed by atoms with Crippen LogP contribution in [-0.4, -0.2) is 47.4 Å². The second-order valence-electron chi connectivity index (χ2n) is 6.04. The van der Waals surface area contributed by atoms with E-state index in [1.807, 2.05) is 6.92 Å². The molecule has 2 aliphatic rings. The number of fused-ring (bicyclic) bond motifs is 2. The summed E-state index contributed by atoms with van der Waals surface area (Å²) in [5.74, 6) is -1.61. The maximum atomic E-state index is 13.2. The summed E-state index contributed by atoms with van der Waals surface area (Å²) < 4.78 is 26.2. The average molecular weight is 323 g/mol. The zero-order valence-corrected chi connectivity index (χ0v) is 12.9. The molecule has 23 heavy (non-hydrogen) atoms. The van der Waals surface area contributed by atoms with E-state index in [1.165, 1.54) is 11.0 Å². The lowest BCUT2D eigenvalue weighted by Crippen LogP contribution is -2.60. The van der Waals surface area contributed by atoms with Crippen LogP contribution < -0.4 is 5.32 Å². The van der Waals surface area contributed by atoms with E-state index in [1.54, 1.807) is 4.90 Å². The molecule has 7 heteroatoms. The molecule has 0 unspecified atom stereocenters. The highest BCUT2D eigenvalue weighted by Crippen LogP contribution is 2.30. The Morgan fingerprint density at radius 1 is 1.35 bits per heavy atom. The minimum Gasteiger partial charge on any atom is -0.341 e. The van der Waals surface area contributed by atoms with Gasteiger partial charge in [-0.3, -0.25) is 4.79 Å². The van der Waals surface area contributed by atoms with Crippen molar-refractivity contribution < 1.29 is 18.4 Å². The third-order valence-corrected chi connectivity index (χ3v) is 4.60. The first-order valence-electron chi connectivity index (χ1n) is 7.81. The van der Waals surface area contributed by atoms with Crippen molar-refractivity contribution in [1.82, 2.24) is 9.80 Å². The van der Waals surface area contributed by atoms with Crippen LogP contribution in [0.25, 0.3) is 0 Å². The number of nitrogens with one attached hydrogen (secondary N) is 1. The molecule has 0 radical (unpaired) electrons. The van der Waals surface area contributed by atoms with Crippen LogP contribution in [0.5, 0.6) is 0 Å².